The van der Waals surface area contributed by atoms with E-state index in [1.54, 1.807) is 43.3 Å². The van der Waals surface area contributed by atoms with Gasteiger partial charge in [0.1, 0.15) is 5.39 Å². The largest absolute Gasteiger partial charge is 0.379 e. The number of carbonyl (C=O) groups excluding carboxylic acids is 1. The third-order valence-corrected chi connectivity index (χ3v) is 7.83. The number of ether oxygens (including phenoxy) is 1. The first-order valence-electron chi connectivity index (χ1n) is 10.9. The van der Waals surface area contributed by atoms with Gasteiger partial charge in [0.25, 0.3) is 11.5 Å². The summed E-state index contributed by atoms with van der Waals surface area (Å²) < 4.78 is 34.5. The lowest BCUT2D eigenvalue weighted by Gasteiger charge is -2.26. The third kappa shape index (κ3) is 4.22. The summed E-state index contributed by atoms with van der Waals surface area (Å²) in [5.41, 5.74) is 1.68. The average Bonchev–Trinajstić information content (AvgIpc) is 3.30. The molecule has 0 bridgehead atoms. The van der Waals surface area contributed by atoms with Crippen molar-refractivity contribution in [1.82, 2.24) is 24.1 Å². The number of nitrogens with one attached hydrogen (secondary N) is 2. The Labute approximate surface area is 200 Å². The molecule has 5 rings (SSSR count). The second-order valence-corrected chi connectivity index (χ2v) is 9.90. The monoisotopic (exact) mass is 494 g/mol. The zero-order valence-corrected chi connectivity index (χ0v) is 19.6. The number of nitrogens with zero attached hydrogens (tertiary/aromatic N) is 4. The lowest BCUT2D eigenvalue weighted by Crippen LogP contribution is -2.40. The lowest BCUT2D eigenvalue weighted by molar-refractivity contribution is 0.0730. The van der Waals surface area contributed by atoms with E-state index in [1.165, 1.54) is 27.6 Å². The highest BCUT2D eigenvalue weighted by molar-refractivity contribution is 7.89. The summed E-state index contributed by atoms with van der Waals surface area (Å²) in [5, 5.41) is 7.41. The van der Waals surface area contributed by atoms with Crippen LogP contribution >= 0.6 is 0 Å². The molecule has 0 unspecified atom stereocenters. The topological polar surface area (TPSA) is 139 Å². The molecule has 11 nitrogen and oxygen atoms in total. The van der Waals surface area contributed by atoms with Crippen molar-refractivity contribution in [3.05, 3.63) is 76.5 Å². The van der Waals surface area contributed by atoms with Gasteiger partial charge in [-0.15, -0.1) is 0 Å². The molecular weight excluding hydrogens is 472 g/mol. The van der Waals surface area contributed by atoms with Gasteiger partial charge in [-0.1, -0.05) is 18.2 Å². The van der Waals surface area contributed by atoms with Gasteiger partial charge in [0.05, 0.1) is 42.0 Å². The molecule has 1 aliphatic heterocycles. The SMILES string of the molecule is Cc1ccc(C(=O)Nc2ccccc2-n2ncc3c(=O)[nH]cnc32)cc1S(=O)(=O)N1CCOCC1. The number of para-hydroxylation sites is 2. The molecule has 0 radical (unpaired) electrons. The van der Waals surface area contributed by atoms with Crippen LogP contribution in [0.25, 0.3) is 16.7 Å². The number of hydrogen-bond acceptors (Lipinski definition) is 7. The molecule has 180 valence electrons. The number of sulfonamides is 1. The van der Waals surface area contributed by atoms with Crippen molar-refractivity contribution in [3.63, 3.8) is 0 Å². The Balaban J connectivity index is 1.48. The molecule has 1 amide bonds. The number of carbonyl (C=O) groups is 1. The number of rotatable bonds is 5. The normalized spacial score (nSPS) is 14.8. The predicted molar refractivity (Wildman–Crippen MR) is 128 cm³/mol. The molecule has 0 spiro atoms. The van der Waals surface area contributed by atoms with Crippen LogP contribution in [0.5, 0.6) is 0 Å². The van der Waals surface area contributed by atoms with Gasteiger partial charge in [0.2, 0.25) is 10.0 Å². The molecule has 0 atom stereocenters. The number of hydrogen-bond donors (Lipinski definition) is 2. The zero-order valence-electron chi connectivity index (χ0n) is 18.8. The maximum atomic E-state index is 13.2. The van der Waals surface area contributed by atoms with Crippen LogP contribution in [0.15, 0.2) is 64.7 Å². The van der Waals surface area contributed by atoms with Crippen LogP contribution in [0.4, 0.5) is 5.69 Å². The third-order valence-electron chi connectivity index (χ3n) is 5.79. The van der Waals surface area contributed by atoms with Gasteiger partial charge < -0.3 is 15.0 Å². The van der Waals surface area contributed by atoms with Crippen molar-refractivity contribution < 1.29 is 17.9 Å². The molecule has 4 aromatic rings. The number of H-pyrrole nitrogens is 1. The number of fused-ring (bicyclic) bond motifs is 1. The molecule has 1 saturated heterocycles. The molecule has 2 aromatic carbocycles. The van der Waals surface area contributed by atoms with Crippen molar-refractivity contribution in [1.29, 1.82) is 0 Å². The molecule has 1 fully saturated rings. The maximum Gasteiger partial charge on any atom is 0.261 e. The van der Waals surface area contributed by atoms with E-state index in [0.717, 1.165) is 0 Å². The van der Waals surface area contributed by atoms with Crippen LogP contribution in [0.2, 0.25) is 0 Å². The second-order valence-electron chi connectivity index (χ2n) is 7.99. The first-order valence-corrected chi connectivity index (χ1v) is 12.3. The fourth-order valence-corrected chi connectivity index (χ4v) is 5.60. The summed E-state index contributed by atoms with van der Waals surface area (Å²) in [5.74, 6) is -0.488. The Hall–Kier alpha value is -3.87. The van der Waals surface area contributed by atoms with Crippen molar-refractivity contribution in [3.8, 4) is 5.69 Å². The van der Waals surface area contributed by atoms with Crippen LogP contribution < -0.4 is 10.9 Å². The Morgan fingerprint density at radius 1 is 1.14 bits per heavy atom. The number of amides is 1. The van der Waals surface area contributed by atoms with Crippen LogP contribution in [-0.4, -0.2) is 64.7 Å². The van der Waals surface area contributed by atoms with E-state index in [-0.39, 0.29) is 29.1 Å². The predicted octanol–water partition coefficient (Wildman–Crippen LogP) is 1.69. The van der Waals surface area contributed by atoms with Crippen molar-refractivity contribution in [2.75, 3.05) is 31.6 Å². The van der Waals surface area contributed by atoms with Crippen LogP contribution in [0.1, 0.15) is 15.9 Å². The van der Waals surface area contributed by atoms with Gasteiger partial charge in [-0.25, -0.2) is 18.1 Å². The molecule has 0 aliphatic carbocycles. The van der Waals surface area contributed by atoms with Gasteiger partial charge >= 0.3 is 0 Å². The minimum atomic E-state index is -3.78. The van der Waals surface area contributed by atoms with Crippen LogP contribution in [0, 0.1) is 6.92 Å². The van der Waals surface area contributed by atoms with Crippen molar-refractivity contribution in [2.24, 2.45) is 0 Å². The molecular formula is C23H22N6O5S. The Morgan fingerprint density at radius 2 is 1.91 bits per heavy atom. The first kappa shape index (κ1) is 22.9. The van der Waals surface area contributed by atoms with E-state index in [4.69, 9.17) is 4.74 Å². The van der Waals surface area contributed by atoms with Crippen molar-refractivity contribution in [2.45, 2.75) is 11.8 Å². The number of morpholine rings is 1. The maximum absolute atomic E-state index is 13.2. The number of benzene rings is 2. The van der Waals surface area contributed by atoms with Gasteiger partial charge in [-0.3, -0.25) is 9.59 Å². The number of aromatic amines is 1. The van der Waals surface area contributed by atoms with Crippen LogP contribution in [-0.2, 0) is 14.8 Å². The Bertz CT molecular complexity index is 1590. The van der Waals surface area contributed by atoms with Gasteiger partial charge in [-0.2, -0.15) is 9.40 Å². The Kier molecular flexibility index (Phi) is 5.93. The quantitative estimate of drug-likeness (QED) is 0.430. The minimum Gasteiger partial charge on any atom is -0.379 e. The molecule has 2 N–H and O–H groups in total. The summed E-state index contributed by atoms with van der Waals surface area (Å²) in [4.78, 5) is 32.0. The average molecular weight is 495 g/mol. The Morgan fingerprint density at radius 3 is 2.71 bits per heavy atom. The van der Waals surface area contributed by atoms with Crippen LogP contribution in [0.3, 0.4) is 0 Å². The van der Waals surface area contributed by atoms with Gasteiger partial charge in [0, 0.05) is 18.7 Å². The smallest absolute Gasteiger partial charge is 0.261 e. The lowest BCUT2D eigenvalue weighted by atomic mass is 10.1. The molecule has 12 heteroatoms. The molecule has 2 aromatic heterocycles. The van der Waals surface area contributed by atoms with Gasteiger partial charge in [-0.05, 0) is 36.8 Å². The van der Waals surface area contributed by atoms with Gasteiger partial charge in [0.15, 0.2) is 5.65 Å². The number of aromatic nitrogens is 4. The standard InChI is InChI=1S/C23H22N6O5S/c1-15-6-7-16(12-20(15)35(32,33)28-8-10-34-11-9-28)22(30)27-18-4-2-3-5-19(18)29-21-17(13-26-29)23(31)25-14-24-21/h2-7,12-14H,8-11H2,1H3,(H,27,30)(H,24,25,31). The van der Waals surface area contributed by atoms with E-state index in [9.17, 15) is 18.0 Å². The van der Waals surface area contributed by atoms with E-state index in [0.29, 0.717) is 41.2 Å². The molecule has 3 heterocycles. The van der Waals surface area contributed by atoms with E-state index in [1.807, 2.05) is 0 Å². The summed E-state index contributed by atoms with van der Waals surface area (Å²) in [6, 6.07) is 11.5. The molecule has 0 saturated carbocycles. The second kappa shape index (κ2) is 9.06. The fraction of sp³-hybridized carbons (Fsp3) is 0.217. The summed E-state index contributed by atoms with van der Waals surface area (Å²) >= 11 is 0. The summed E-state index contributed by atoms with van der Waals surface area (Å²) in [6.07, 6.45) is 2.69. The molecule has 35 heavy (non-hydrogen) atoms. The highest BCUT2D eigenvalue weighted by Crippen LogP contribution is 2.25. The molecule has 1 aliphatic rings. The van der Waals surface area contributed by atoms with E-state index in [2.05, 4.69) is 20.4 Å². The number of anilines is 1. The first-order chi connectivity index (χ1) is 16.9. The van der Waals surface area contributed by atoms with Crippen molar-refractivity contribution >= 4 is 32.7 Å². The number of aryl methyl sites for hydroxylation is 1. The minimum absolute atomic E-state index is 0.0850. The van der Waals surface area contributed by atoms with E-state index >= 15 is 0 Å². The summed E-state index contributed by atoms with van der Waals surface area (Å²) in [7, 11) is -3.78. The van der Waals surface area contributed by atoms with E-state index < -0.39 is 15.9 Å². The zero-order chi connectivity index (χ0) is 24.6. The fourth-order valence-electron chi connectivity index (χ4n) is 3.94. The highest BCUT2D eigenvalue weighted by atomic mass is 32.2. The summed E-state index contributed by atoms with van der Waals surface area (Å²) in [6.45, 7) is 2.89. The highest BCUT2D eigenvalue weighted by Gasteiger charge is 2.28.